The zero-order valence-corrected chi connectivity index (χ0v) is 25.8. The minimum Gasteiger partial charge on any atom is -0.462 e. The van der Waals surface area contributed by atoms with E-state index in [1.165, 1.54) is 64.2 Å². The molecular formula is C28H55NO9P+. The van der Waals surface area contributed by atoms with Gasteiger partial charge in [0.15, 0.2) is 6.10 Å². The quantitative estimate of drug-likeness (QED) is 0.0425. The molecule has 0 amide bonds. The lowest BCUT2D eigenvalue weighted by atomic mass is 10.0. The van der Waals surface area contributed by atoms with Crippen molar-refractivity contribution in [2.75, 3.05) is 47.5 Å². The van der Waals surface area contributed by atoms with E-state index in [1.807, 2.05) is 21.1 Å². The lowest BCUT2D eigenvalue weighted by Crippen LogP contribution is -2.37. The molecule has 0 aromatic heterocycles. The van der Waals surface area contributed by atoms with Crippen LogP contribution >= 0.6 is 7.82 Å². The van der Waals surface area contributed by atoms with Crippen molar-refractivity contribution in [2.45, 2.75) is 116 Å². The largest absolute Gasteiger partial charge is 0.472 e. The van der Waals surface area contributed by atoms with Gasteiger partial charge in [0.2, 0.25) is 0 Å². The lowest BCUT2D eigenvalue weighted by molar-refractivity contribution is -0.870. The number of unbranched alkanes of at least 4 members (excludes halogenated alkanes) is 12. The Morgan fingerprint density at radius 1 is 0.795 bits per heavy atom. The van der Waals surface area contributed by atoms with Crippen LogP contribution in [0.15, 0.2) is 0 Å². The number of quaternary nitrogens is 1. The number of ether oxygens (including phenoxy) is 2. The number of hydrogen-bond acceptors (Lipinski definition) is 8. The van der Waals surface area contributed by atoms with Crippen LogP contribution in [0, 0.1) is 0 Å². The molecule has 10 nitrogen and oxygen atoms in total. The van der Waals surface area contributed by atoms with E-state index in [-0.39, 0.29) is 32.5 Å². The van der Waals surface area contributed by atoms with Crippen LogP contribution in [0.2, 0.25) is 0 Å². The van der Waals surface area contributed by atoms with Gasteiger partial charge in [0.25, 0.3) is 0 Å². The first kappa shape index (κ1) is 37.7. The summed E-state index contributed by atoms with van der Waals surface area (Å²) in [6.07, 6.45) is 15.3. The summed E-state index contributed by atoms with van der Waals surface area (Å²) >= 11 is 0. The average Bonchev–Trinajstić information content (AvgIpc) is 2.86. The van der Waals surface area contributed by atoms with Gasteiger partial charge in [-0.1, -0.05) is 84.0 Å². The highest BCUT2D eigenvalue weighted by Gasteiger charge is 2.27. The normalized spacial score (nSPS) is 14.0. The molecule has 0 radical (unpaired) electrons. The van der Waals surface area contributed by atoms with Crippen LogP contribution < -0.4 is 0 Å². The van der Waals surface area contributed by atoms with Crippen LogP contribution in [0.3, 0.4) is 0 Å². The second-order valence-corrected chi connectivity index (χ2v) is 12.6. The Labute approximate surface area is 236 Å². The zero-order valence-electron chi connectivity index (χ0n) is 24.9. The van der Waals surface area contributed by atoms with Gasteiger partial charge in [-0.3, -0.25) is 18.6 Å². The Kier molecular flexibility index (Phi) is 22.6. The summed E-state index contributed by atoms with van der Waals surface area (Å²) in [6, 6.07) is 0. The monoisotopic (exact) mass is 580 g/mol. The Bertz CT molecular complexity index is 697. The van der Waals surface area contributed by atoms with Crippen LogP contribution in [0.25, 0.3) is 0 Å². The van der Waals surface area contributed by atoms with E-state index in [4.69, 9.17) is 18.5 Å². The molecule has 0 saturated carbocycles. The SMILES string of the molecule is CCCCCCCCCCCCCCCC(=O)OCC(COP(=O)(O)OCC[N+](C)(C)C)OC(=O)CCC=O. The minimum absolute atomic E-state index is 0.00478. The summed E-state index contributed by atoms with van der Waals surface area (Å²) in [5.41, 5.74) is 0. The van der Waals surface area contributed by atoms with E-state index in [2.05, 4.69) is 6.92 Å². The van der Waals surface area contributed by atoms with Crippen molar-refractivity contribution < 1.29 is 46.8 Å². The van der Waals surface area contributed by atoms with Crippen molar-refractivity contribution in [1.29, 1.82) is 0 Å². The molecule has 0 saturated heterocycles. The number of nitrogens with zero attached hydrogens (tertiary/aromatic N) is 1. The summed E-state index contributed by atoms with van der Waals surface area (Å²) < 4.78 is 33.0. The van der Waals surface area contributed by atoms with Crippen molar-refractivity contribution in [3.63, 3.8) is 0 Å². The third-order valence-electron chi connectivity index (χ3n) is 6.12. The van der Waals surface area contributed by atoms with Crippen molar-refractivity contribution in [2.24, 2.45) is 0 Å². The standard InChI is InChI=1S/C28H54NO9P/c1-5-6-7-8-9-10-11-12-13-14-15-16-17-19-27(31)35-24-26(38-28(32)20-18-22-30)25-37-39(33,34)36-23-21-29(2,3)4/h22,26H,5-21,23-25H2,1-4H3/p+1. The van der Waals surface area contributed by atoms with Crippen LogP contribution in [0.4, 0.5) is 0 Å². The van der Waals surface area contributed by atoms with Crippen LogP contribution in [0.1, 0.15) is 110 Å². The van der Waals surface area contributed by atoms with Crippen molar-refractivity contribution in [1.82, 2.24) is 0 Å². The van der Waals surface area contributed by atoms with Gasteiger partial charge in [-0.05, 0) is 6.42 Å². The van der Waals surface area contributed by atoms with Crippen LogP contribution in [0.5, 0.6) is 0 Å². The number of hydrogen-bond donors (Lipinski definition) is 1. The molecule has 0 fully saturated rings. The van der Waals surface area contributed by atoms with Crippen molar-refractivity contribution in [3.05, 3.63) is 0 Å². The molecule has 230 valence electrons. The Morgan fingerprint density at radius 3 is 1.85 bits per heavy atom. The summed E-state index contributed by atoms with van der Waals surface area (Å²) in [5, 5.41) is 0. The maximum atomic E-state index is 12.2. The summed E-state index contributed by atoms with van der Waals surface area (Å²) in [7, 11) is 1.34. The van der Waals surface area contributed by atoms with Gasteiger partial charge in [-0.2, -0.15) is 0 Å². The van der Waals surface area contributed by atoms with E-state index in [0.29, 0.717) is 23.7 Å². The highest BCUT2D eigenvalue weighted by Crippen LogP contribution is 2.43. The molecule has 39 heavy (non-hydrogen) atoms. The second-order valence-electron chi connectivity index (χ2n) is 11.1. The van der Waals surface area contributed by atoms with E-state index in [0.717, 1.165) is 12.8 Å². The number of esters is 2. The van der Waals surface area contributed by atoms with E-state index >= 15 is 0 Å². The molecule has 0 aliphatic carbocycles. The maximum Gasteiger partial charge on any atom is 0.472 e. The van der Waals surface area contributed by atoms with Gasteiger partial charge < -0.3 is 23.6 Å². The molecule has 0 aliphatic rings. The molecule has 11 heteroatoms. The van der Waals surface area contributed by atoms with Crippen LogP contribution in [-0.4, -0.2) is 81.2 Å². The molecular weight excluding hydrogens is 525 g/mol. The number of carbonyl (C=O) groups is 3. The number of phosphoric ester groups is 1. The molecule has 0 aromatic carbocycles. The molecule has 0 heterocycles. The molecule has 2 atom stereocenters. The Hall–Kier alpha value is -1.32. The van der Waals surface area contributed by atoms with E-state index in [9.17, 15) is 23.8 Å². The first-order valence-corrected chi connectivity index (χ1v) is 16.2. The number of phosphoric acid groups is 1. The van der Waals surface area contributed by atoms with Gasteiger partial charge in [-0.15, -0.1) is 0 Å². The molecule has 0 aliphatic heterocycles. The highest BCUT2D eigenvalue weighted by molar-refractivity contribution is 7.47. The number of likely N-dealkylation sites (N-methyl/N-ethyl adjacent to an activating group) is 1. The summed E-state index contributed by atoms with van der Waals surface area (Å²) in [4.78, 5) is 44.5. The fourth-order valence-electron chi connectivity index (χ4n) is 3.73. The van der Waals surface area contributed by atoms with E-state index < -0.39 is 32.5 Å². The van der Waals surface area contributed by atoms with Gasteiger partial charge in [0.05, 0.1) is 34.2 Å². The molecule has 2 unspecified atom stereocenters. The van der Waals surface area contributed by atoms with Gasteiger partial charge in [0.1, 0.15) is 26.0 Å². The van der Waals surface area contributed by atoms with Gasteiger partial charge in [-0.25, -0.2) is 4.57 Å². The second kappa shape index (κ2) is 23.4. The average molecular weight is 581 g/mol. The Balaban J connectivity index is 4.22. The molecule has 0 aromatic rings. The lowest BCUT2D eigenvalue weighted by Gasteiger charge is -2.24. The number of aldehydes is 1. The summed E-state index contributed by atoms with van der Waals surface area (Å²) in [5.74, 6) is -1.12. The van der Waals surface area contributed by atoms with Gasteiger partial charge in [0, 0.05) is 12.8 Å². The zero-order chi connectivity index (χ0) is 29.4. The maximum absolute atomic E-state index is 12.2. The number of carbonyl (C=O) groups excluding carboxylic acids is 3. The minimum atomic E-state index is -4.39. The predicted molar refractivity (Wildman–Crippen MR) is 151 cm³/mol. The third-order valence-corrected chi connectivity index (χ3v) is 7.10. The van der Waals surface area contributed by atoms with Crippen LogP contribution in [-0.2, 0) is 37.5 Å². The molecule has 1 N–H and O–H groups in total. The van der Waals surface area contributed by atoms with Crippen molar-refractivity contribution in [3.8, 4) is 0 Å². The predicted octanol–water partition coefficient (Wildman–Crippen LogP) is 5.74. The molecule has 0 rings (SSSR count). The summed E-state index contributed by atoms with van der Waals surface area (Å²) in [6.45, 7) is 1.91. The fraction of sp³-hybridized carbons (Fsp3) is 0.893. The smallest absolute Gasteiger partial charge is 0.462 e. The number of rotatable bonds is 27. The van der Waals surface area contributed by atoms with E-state index in [1.54, 1.807) is 0 Å². The molecule has 0 bridgehead atoms. The van der Waals surface area contributed by atoms with Crippen molar-refractivity contribution >= 4 is 26.0 Å². The first-order chi connectivity index (χ1) is 18.5. The third kappa shape index (κ3) is 26.7. The highest BCUT2D eigenvalue weighted by atomic mass is 31.2. The fourth-order valence-corrected chi connectivity index (χ4v) is 4.47. The Morgan fingerprint density at radius 2 is 1.33 bits per heavy atom. The first-order valence-electron chi connectivity index (χ1n) is 14.7. The topological polar surface area (TPSA) is 125 Å². The van der Waals surface area contributed by atoms with Gasteiger partial charge >= 0.3 is 19.8 Å². The molecule has 0 spiro atoms.